The number of rotatable bonds is 5. The average molecular weight is 487 g/mol. The zero-order valence-electron chi connectivity index (χ0n) is 20.3. The summed E-state index contributed by atoms with van der Waals surface area (Å²) < 4.78 is 27.9. The van der Waals surface area contributed by atoms with Crippen LogP contribution < -0.4 is 11.4 Å². The van der Waals surface area contributed by atoms with Gasteiger partial charge in [-0.1, -0.05) is 55.4 Å². The van der Waals surface area contributed by atoms with E-state index >= 15 is 0 Å². The zero-order valence-corrected chi connectivity index (χ0v) is 22.3. The van der Waals surface area contributed by atoms with Crippen molar-refractivity contribution < 1.29 is 22.8 Å². The van der Waals surface area contributed by atoms with Crippen LogP contribution in [0.15, 0.2) is 11.1 Å². The van der Waals surface area contributed by atoms with E-state index in [0.29, 0.717) is 0 Å². The summed E-state index contributed by atoms with van der Waals surface area (Å²) in [5, 5.41) is 11.2. The number of nitrogens with two attached hydrogens (primary N) is 1. The van der Waals surface area contributed by atoms with E-state index in [1.165, 1.54) is 6.33 Å². The van der Waals surface area contributed by atoms with E-state index in [1.807, 2.05) is 0 Å². The van der Waals surface area contributed by atoms with Crippen molar-refractivity contribution in [3.05, 3.63) is 16.8 Å². The fraction of sp³-hybridized carbons (Fsp3) is 0.850. The number of ether oxygens (including phenoxy) is 1. The fourth-order valence-corrected chi connectivity index (χ4v) is 16.1. The fourth-order valence-electron chi connectivity index (χ4n) is 4.90. The van der Waals surface area contributed by atoms with Crippen LogP contribution in [0.25, 0.3) is 0 Å². The molecule has 2 saturated heterocycles. The van der Waals surface area contributed by atoms with Crippen molar-refractivity contribution in [1.82, 2.24) is 14.5 Å². The van der Waals surface area contributed by atoms with Gasteiger partial charge in [-0.05, 0) is 22.2 Å². The van der Waals surface area contributed by atoms with Gasteiger partial charge in [0.1, 0.15) is 24.6 Å². The Morgan fingerprint density at radius 3 is 2.12 bits per heavy atom. The van der Waals surface area contributed by atoms with Gasteiger partial charge in [0, 0.05) is 0 Å². The largest absolute Gasteiger partial charge is 0.414 e. The molecule has 12 heteroatoms. The van der Waals surface area contributed by atoms with Gasteiger partial charge >= 0.3 is 22.8 Å². The molecule has 1 aromatic heterocycles. The predicted octanol–water partition coefficient (Wildman–Crippen LogP) is 2.44. The van der Waals surface area contributed by atoms with Crippen molar-refractivity contribution in [2.45, 2.75) is 102 Å². The number of hydrogen-bond acceptors (Lipinski definition) is 9. The third-order valence-corrected chi connectivity index (χ3v) is 16.9. The van der Waals surface area contributed by atoms with Crippen LogP contribution >= 0.6 is 0 Å². The molecule has 2 fully saturated rings. The summed E-state index contributed by atoms with van der Waals surface area (Å²) in [5.74, 6) is -0.131. The Morgan fingerprint density at radius 1 is 1.06 bits per heavy atom. The monoisotopic (exact) mass is 486 g/mol. The molecule has 0 aromatic carbocycles. The van der Waals surface area contributed by atoms with E-state index in [9.17, 15) is 9.90 Å². The highest BCUT2D eigenvalue weighted by Crippen LogP contribution is 2.48. The SMILES string of the molecule is CC(C)[Si]1(C(C)C)OC[C@H]2O[C@@H](n3cnc(N)nc3=O)[C@@H](O)C2O[Si](C(C)C)(C(C)C)O1. The molecule has 0 bridgehead atoms. The standard InChI is InChI=1S/C20H38N4O6Si2/c1-11(2)31(12(3)4)27-9-15-17(29-32(30-31,13(5)6)14(7)8)16(25)18(28-15)24-10-22-19(21)23-20(24)26/h10-18,25H,9H2,1-8H3,(H2,21,23,26)/t15-,16+,17?,18-/m1/s1. The second kappa shape index (κ2) is 9.24. The third-order valence-electron chi connectivity index (χ3n) is 6.66. The van der Waals surface area contributed by atoms with Gasteiger partial charge < -0.3 is 28.5 Å². The average Bonchev–Trinajstić information content (AvgIpc) is 2.96. The summed E-state index contributed by atoms with van der Waals surface area (Å²) in [6.07, 6.45) is -2.13. The molecule has 0 radical (unpaired) electrons. The van der Waals surface area contributed by atoms with Crippen molar-refractivity contribution in [3.8, 4) is 0 Å². The topological polar surface area (TPSA) is 131 Å². The molecule has 3 rings (SSSR count). The molecule has 4 atom stereocenters. The highest BCUT2D eigenvalue weighted by molar-refractivity contribution is 6.83. The van der Waals surface area contributed by atoms with E-state index in [2.05, 4.69) is 65.4 Å². The van der Waals surface area contributed by atoms with E-state index in [4.69, 9.17) is 23.4 Å². The highest BCUT2D eigenvalue weighted by Gasteiger charge is 2.61. The molecule has 0 aliphatic carbocycles. The van der Waals surface area contributed by atoms with Crippen LogP contribution in [-0.2, 0) is 17.7 Å². The van der Waals surface area contributed by atoms with Crippen molar-refractivity contribution in [1.29, 1.82) is 0 Å². The number of aliphatic hydroxyl groups is 1. The minimum atomic E-state index is -2.90. The number of nitrogen functional groups attached to an aromatic ring is 1. The Morgan fingerprint density at radius 2 is 1.62 bits per heavy atom. The first-order chi connectivity index (χ1) is 14.9. The van der Waals surface area contributed by atoms with Gasteiger partial charge in [-0.25, -0.2) is 9.78 Å². The van der Waals surface area contributed by atoms with Crippen molar-refractivity contribution in [2.75, 3.05) is 12.3 Å². The van der Waals surface area contributed by atoms with Crippen molar-refractivity contribution in [3.63, 3.8) is 0 Å². The quantitative estimate of drug-likeness (QED) is 0.602. The molecule has 0 amide bonds. The maximum atomic E-state index is 12.4. The van der Waals surface area contributed by atoms with Crippen molar-refractivity contribution >= 4 is 23.1 Å². The first-order valence-electron chi connectivity index (χ1n) is 11.4. The normalized spacial score (nSPS) is 30.0. The van der Waals surface area contributed by atoms with E-state index in [0.717, 1.165) is 4.57 Å². The van der Waals surface area contributed by atoms with E-state index in [1.54, 1.807) is 0 Å². The highest BCUT2D eigenvalue weighted by atomic mass is 28.5. The summed E-state index contributed by atoms with van der Waals surface area (Å²) in [6, 6.07) is 0. The molecule has 1 unspecified atom stereocenters. The van der Waals surface area contributed by atoms with Gasteiger partial charge in [-0.3, -0.25) is 4.57 Å². The number of fused-ring (bicyclic) bond motifs is 1. The number of nitrogens with zero attached hydrogens (tertiary/aromatic N) is 3. The van der Waals surface area contributed by atoms with Gasteiger partial charge in [-0.15, -0.1) is 0 Å². The number of anilines is 1. The van der Waals surface area contributed by atoms with Crippen LogP contribution in [0.5, 0.6) is 0 Å². The number of hydrogen-bond donors (Lipinski definition) is 2. The second-order valence-electron chi connectivity index (χ2n) is 10.0. The van der Waals surface area contributed by atoms with Crippen molar-refractivity contribution in [2.24, 2.45) is 0 Å². The lowest BCUT2D eigenvalue weighted by Gasteiger charge is -2.51. The summed E-state index contributed by atoms with van der Waals surface area (Å²) in [6.45, 7) is 17.2. The molecule has 0 spiro atoms. The van der Waals surface area contributed by atoms with Gasteiger partial charge in [-0.2, -0.15) is 4.98 Å². The molecule has 2 aliphatic heterocycles. The Kier molecular flexibility index (Phi) is 7.35. The lowest BCUT2D eigenvalue weighted by atomic mass is 10.1. The van der Waals surface area contributed by atoms with Crippen LogP contribution in [-0.4, -0.2) is 61.7 Å². The number of aliphatic hydroxyl groups excluding tert-OH is 1. The molecule has 2 aliphatic rings. The van der Waals surface area contributed by atoms with Gasteiger partial charge in [0.2, 0.25) is 5.95 Å². The smallest absolute Gasteiger partial charge is 0.354 e. The molecule has 3 heterocycles. The molecule has 0 saturated carbocycles. The van der Waals surface area contributed by atoms with Gasteiger partial charge in [0.05, 0.1) is 6.61 Å². The Hall–Kier alpha value is -1.16. The molecular weight excluding hydrogens is 448 g/mol. The van der Waals surface area contributed by atoms with Gasteiger partial charge in [0.15, 0.2) is 6.23 Å². The summed E-state index contributed by atoms with van der Waals surface area (Å²) in [5.41, 5.74) is 5.50. The first-order valence-corrected chi connectivity index (χ1v) is 15.4. The Labute approximate surface area is 191 Å². The Bertz CT molecular complexity index is 849. The third kappa shape index (κ3) is 4.21. The van der Waals surface area contributed by atoms with Crippen LogP contribution in [0.2, 0.25) is 22.2 Å². The van der Waals surface area contributed by atoms with Crippen LogP contribution in [0.4, 0.5) is 5.95 Å². The summed E-state index contributed by atoms with van der Waals surface area (Å²) in [7, 11) is -5.62. The van der Waals surface area contributed by atoms with Gasteiger partial charge in [0.25, 0.3) is 0 Å². The zero-order chi connectivity index (χ0) is 24.0. The predicted molar refractivity (Wildman–Crippen MR) is 124 cm³/mol. The minimum Gasteiger partial charge on any atom is -0.414 e. The maximum Gasteiger partial charge on any atom is 0.354 e. The summed E-state index contributed by atoms with van der Waals surface area (Å²) in [4.78, 5) is 19.9. The van der Waals surface area contributed by atoms with Crippen LogP contribution in [0.1, 0.15) is 61.6 Å². The van der Waals surface area contributed by atoms with Crippen LogP contribution in [0, 0.1) is 0 Å². The molecular formula is C20H38N4O6Si2. The number of aromatic nitrogens is 3. The minimum absolute atomic E-state index is 0.114. The molecule has 3 N–H and O–H groups in total. The van der Waals surface area contributed by atoms with Crippen LogP contribution in [0.3, 0.4) is 0 Å². The van der Waals surface area contributed by atoms with E-state index in [-0.39, 0.29) is 34.7 Å². The maximum absolute atomic E-state index is 12.4. The lowest BCUT2D eigenvalue weighted by Crippen LogP contribution is -2.65. The molecule has 32 heavy (non-hydrogen) atoms. The second-order valence-corrected chi connectivity index (χ2v) is 18.9. The van der Waals surface area contributed by atoms with E-state index < -0.39 is 47.4 Å². The Balaban J connectivity index is 2.07. The first kappa shape index (κ1) is 25.5. The summed E-state index contributed by atoms with van der Waals surface area (Å²) >= 11 is 0. The molecule has 182 valence electrons. The lowest BCUT2D eigenvalue weighted by molar-refractivity contribution is -0.0604. The molecule has 10 nitrogen and oxygen atoms in total. The molecule has 1 aromatic rings.